The van der Waals surface area contributed by atoms with Gasteiger partial charge < -0.3 is 0 Å². The van der Waals surface area contributed by atoms with Crippen molar-refractivity contribution in [2.75, 3.05) is 11.9 Å². The standard InChI is InChI=1S/C19H16N2O.C2H6/c1-13-9-17(21(2)12-20)8-7-14(13)10-16-11-15-5-3-4-6-18(15)19(16)22;1-2/h3-10H,11H2,1-2H3;1-2H3/b16-10-;. The van der Waals surface area contributed by atoms with Crippen LogP contribution in [0.15, 0.2) is 48.0 Å². The fourth-order valence-electron chi connectivity index (χ4n) is 2.75. The van der Waals surface area contributed by atoms with E-state index in [1.54, 1.807) is 7.05 Å². The van der Waals surface area contributed by atoms with E-state index in [1.807, 2.05) is 69.3 Å². The van der Waals surface area contributed by atoms with Gasteiger partial charge in [-0.1, -0.05) is 44.2 Å². The number of ketones is 1. The summed E-state index contributed by atoms with van der Waals surface area (Å²) in [5, 5.41) is 8.93. The van der Waals surface area contributed by atoms with Crippen LogP contribution in [0.4, 0.5) is 5.69 Å². The van der Waals surface area contributed by atoms with E-state index in [0.29, 0.717) is 6.42 Å². The molecule has 0 spiro atoms. The van der Waals surface area contributed by atoms with Crippen LogP contribution in [0.1, 0.15) is 40.9 Å². The van der Waals surface area contributed by atoms with Gasteiger partial charge in [-0.2, -0.15) is 5.26 Å². The molecule has 0 saturated heterocycles. The lowest BCUT2D eigenvalue weighted by Gasteiger charge is -2.11. The van der Waals surface area contributed by atoms with Crippen LogP contribution in [0, 0.1) is 18.4 Å². The molecule has 24 heavy (non-hydrogen) atoms. The Labute approximate surface area is 143 Å². The maximum atomic E-state index is 12.4. The highest BCUT2D eigenvalue weighted by molar-refractivity contribution is 6.15. The number of nitriles is 1. The summed E-state index contributed by atoms with van der Waals surface area (Å²) < 4.78 is 0. The zero-order valence-corrected chi connectivity index (χ0v) is 14.6. The van der Waals surface area contributed by atoms with Crippen molar-refractivity contribution in [1.82, 2.24) is 0 Å². The minimum atomic E-state index is 0.119. The summed E-state index contributed by atoms with van der Waals surface area (Å²) in [5.41, 5.74) is 5.65. The first-order valence-electron chi connectivity index (χ1n) is 8.17. The lowest BCUT2D eigenvalue weighted by molar-refractivity contribution is 0.104. The first-order chi connectivity index (χ1) is 11.6. The number of rotatable bonds is 2. The fourth-order valence-corrected chi connectivity index (χ4v) is 2.75. The van der Waals surface area contributed by atoms with E-state index in [-0.39, 0.29) is 5.78 Å². The van der Waals surface area contributed by atoms with Crippen LogP contribution in [0.3, 0.4) is 0 Å². The Kier molecular flexibility index (Phi) is 5.55. The zero-order valence-electron chi connectivity index (χ0n) is 14.6. The molecule has 1 aliphatic carbocycles. The van der Waals surface area contributed by atoms with E-state index in [9.17, 15) is 4.79 Å². The van der Waals surface area contributed by atoms with Crippen molar-refractivity contribution in [1.29, 1.82) is 5.26 Å². The highest BCUT2D eigenvalue weighted by Gasteiger charge is 2.24. The van der Waals surface area contributed by atoms with Crippen LogP contribution >= 0.6 is 0 Å². The van der Waals surface area contributed by atoms with Gasteiger partial charge in [0.15, 0.2) is 12.0 Å². The molecule has 0 bridgehead atoms. The number of allylic oxidation sites excluding steroid dienone is 1. The van der Waals surface area contributed by atoms with Crippen molar-refractivity contribution in [3.05, 3.63) is 70.3 Å². The van der Waals surface area contributed by atoms with Gasteiger partial charge in [0.25, 0.3) is 0 Å². The summed E-state index contributed by atoms with van der Waals surface area (Å²) in [5.74, 6) is 0.119. The van der Waals surface area contributed by atoms with Crippen molar-refractivity contribution in [2.24, 2.45) is 0 Å². The Morgan fingerprint density at radius 3 is 2.50 bits per heavy atom. The number of hydrogen-bond donors (Lipinski definition) is 0. The molecule has 2 aromatic rings. The van der Waals surface area contributed by atoms with Crippen LogP contribution in [-0.2, 0) is 6.42 Å². The van der Waals surface area contributed by atoms with Crippen LogP contribution in [0.25, 0.3) is 6.08 Å². The monoisotopic (exact) mass is 318 g/mol. The number of nitrogens with zero attached hydrogens (tertiary/aromatic N) is 2. The third-order valence-electron chi connectivity index (χ3n) is 4.05. The molecule has 0 fully saturated rings. The van der Waals surface area contributed by atoms with Crippen molar-refractivity contribution in [3.63, 3.8) is 0 Å². The quantitative estimate of drug-likeness (QED) is 0.455. The van der Waals surface area contributed by atoms with E-state index >= 15 is 0 Å². The molecule has 0 aliphatic heterocycles. The van der Waals surface area contributed by atoms with Gasteiger partial charge in [0.1, 0.15) is 0 Å². The van der Waals surface area contributed by atoms with Crippen molar-refractivity contribution < 1.29 is 4.79 Å². The second kappa shape index (κ2) is 7.61. The van der Waals surface area contributed by atoms with Crippen molar-refractivity contribution >= 4 is 17.5 Å². The molecule has 0 aromatic heterocycles. The van der Waals surface area contributed by atoms with Crippen LogP contribution in [0.5, 0.6) is 0 Å². The van der Waals surface area contributed by atoms with E-state index in [4.69, 9.17) is 5.26 Å². The summed E-state index contributed by atoms with van der Waals surface area (Å²) in [6.07, 6.45) is 4.74. The molecule has 0 saturated carbocycles. The Balaban J connectivity index is 0.00000100. The molecule has 0 heterocycles. The SMILES string of the molecule is CC.Cc1cc(N(C)C#N)ccc1/C=C1/Cc2ccccc2C1=O. The lowest BCUT2D eigenvalue weighted by atomic mass is 10.0. The molecule has 0 amide bonds. The number of aryl methyl sites for hydroxylation is 1. The Morgan fingerprint density at radius 1 is 1.17 bits per heavy atom. The first-order valence-corrected chi connectivity index (χ1v) is 8.17. The molecule has 3 heteroatoms. The summed E-state index contributed by atoms with van der Waals surface area (Å²) in [4.78, 5) is 13.9. The highest BCUT2D eigenvalue weighted by Crippen LogP contribution is 2.28. The van der Waals surface area contributed by atoms with Crippen LogP contribution in [-0.4, -0.2) is 12.8 Å². The molecule has 3 nitrogen and oxygen atoms in total. The molecule has 0 atom stereocenters. The fraction of sp³-hybridized carbons (Fsp3) is 0.238. The number of carbonyl (C=O) groups is 1. The lowest BCUT2D eigenvalue weighted by Crippen LogP contribution is -2.08. The number of hydrogen-bond acceptors (Lipinski definition) is 3. The van der Waals surface area contributed by atoms with E-state index < -0.39 is 0 Å². The van der Waals surface area contributed by atoms with Crippen LogP contribution in [0.2, 0.25) is 0 Å². The normalized spacial score (nSPS) is 13.8. The van der Waals surface area contributed by atoms with Crippen LogP contribution < -0.4 is 4.90 Å². The molecule has 0 unspecified atom stereocenters. The number of anilines is 1. The zero-order chi connectivity index (χ0) is 17.7. The smallest absolute Gasteiger partial charge is 0.189 e. The van der Waals surface area contributed by atoms with Gasteiger partial charge in [0.05, 0.1) is 5.69 Å². The van der Waals surface area contributed by atoms with Gasteiger partial charge in [-0.05, 0) is 41.8 Å². The average Bonchev–Trinajstić information content (AvgIpc) is 2.94. The Bertz CT molecular complexity index is 828. The molecule has 0 N–H and O–H groups in total. The molecule has 122 valence electrons. The van der Waals surface area contributed by atoms with Gasteiger partial charge in [0.2, 0.25) is 0 Å². The van der Waals surface area contributed by atoms with Crippen molar-refractivity contribution in [2.45, 2.75) is 27.2 Å². The summed E-state index contributed by atoms with van der Waals surface area (Å²) >= 11 is 0. The molecule has 2 aromatic carbocycles. The predicted octanol–water partition coefficient (Wildman–Crippen LogP) is 4.76. The molecule has 1 aliphatic rings. The molecular weight excluding hydrogens is 296 g/mol. The largest absolute Gasteiger partial charge is 0.289 e. The summed E-state index contributed by atoms with van der Waals surface area (Å²) in [6, 6.07) is 13.6. The second-order valence-electron chi connectivity index (χ2n) is 5.53. The van der Waals surface area contributed by atoms with Gasteiger partial charge >= 0.3 is 0 Å². The molecular formula is C21H22N2O. The minimum Gasteiger partial charge on any atom is -0.289 e. The number of Topliss-reactive ketones (excluding diaryl/α,β-unsaturated/α-hetero) is 1. The summed E-state index contributed by atoms with van der Waals surface area (Å²) in [6.45, 7) is 5.99. The Hall–Kier alpha value is -2.86. The molecule has 0 radical (unpaired) electrons. The summed E-state index contributed by atoms with van der Waals surface area (Å²) in [7, 11) is 1.73. The van der Waals surface area contributed by atoms with Gasteiger partial charge in [-0.15, -0.1) is 0 Å². The van der Waals surface area contributed by atoms with Gasteiger partial charge in [0, 0.05) is 24.6 Å². The topological polar surface area (TPSA) is 44.1 Å². The first kappa shape index (κ1) is 17.5. The van der Waals surface area contributed by atoms with Crippen molar-refractivity contribution in [3.8, 4) is 6.19 Å². The van der Waals surface area contributed by atoms with Gasteiger partial charge in [-0.25, -0.2) is 0 Å². The minimum absolute atomic E-state index is 0.119. The average molecular weight is 318 g/mol. The van der Waals surface area contributed by atoms with E-state index in [0.717, 1.165) is 33.5 Å². The maximum absolute atomic E-state index is 12.4. The van der Waals surface area contributed by atoms with Gasteiger partial charge in [-0.3, -0.25) is 9.69 Å². The predicted molar refractivity (Wildman–Crippen MR) is 99.0 cm³/mol. The highest BCUT2D eigenvalue weighted by atomic mass is 16.1. The molecule has 3 rings (SSSR count). The maximum Gasteiger partial charge on any atom is 0.189 e. The third-order valence-corrected chi connectivity index (χ3v) is 4.05. The van der Waals surface area contributed by atoms with E-state index in [2.05, 4.69) is 6.19 Å². The Morgan fingerprint density at radius 2 is 1.88 bits per heavy atom. The van der Waals surface area contributed by atoms with E-state index in [1.165, 1.54) is 4.90 Å². The number of carbonyl (C=O) groups excluding carboxylic acids is 1. The third kappa shape index (κ3) is 3.38. The number of fused-ring (bicyclic) bond motifs is 1. The number of benzene rings is 2. The second-order valence-corrected chi connectivity index (χ2v) is 5.53.